The highest BCUT2D eigenvalue weighted by atomic mass is 32.1. The van der Waals surface area contributed by atoms with Gasteiger partial charge < -0.3 is 18.2 Å². The molecular weight excluding hydrogens is 1000 g/mol. The molecule has 0 radical (unpaired) electrons. The Morgan fingerprint density at radius 2 is 1.26 bits per heavy atom. The first kappa shape index (κ1) is 64.0. The van der Waals surface area contributed by atoms with Crippen LogP contribution in [0.25, 0.3) is 6.08 Å². The summed E-state index contributed by atoms with van der Waals surface area (Å²) in [6, 6.07) is 22.2. The third-order valence-corrected chi connectivity index (χ3v) is 11.5. The third kappa shape index (κ3) is 27.3. The Labute approximate surface area is 432 Å². The molecule has 8 aromatic heterocycles. The van der Waals surface area contributed by atoms with Crippen molar-refractivity contribution < 1.29 is 66.0 Å². The van der Waals surface area contributed by atoms with Gasteiger partial charge in [0.05, 0.1) is 43.3 Å². The van der Waals surface area contributed by atoms with Gasteiger partial charge in [-0.05, 0) is 136 Å². The SMILES string of the molecule is C.CC(=O)/C=C/c1ccco1.CC(=O)c1ccc(C=O)o1.CC(=O)c1ccc(C=O)s1.CC(=O)c1ccc[nH]1.CC(=O)c1cccs1.CC(=O)c1ccoc1.CC(=O)c1ccsc1.O=Cc1ccsc1C=O. The number of hydrogen-bond acceptors (Lipinski definition) is 18. The van der Waals surface area contributed by atoms with Gasteiger partial charge >= 0.3 is 0 Å². The van der Waals surface area contributed by atoms with Gasteiger partial charge in [0, 0.05) is 36.6 Å². The minimum atomic E-state index is -0.173. The van der Waals surface area contributed by atoms with E-state index >= 15 is 0 Å². The summed E-state index contributed by atoms with van der Waals surface area (Å²) in [4.78, 5) is 119. The second-order valence-electron chi connectivity index (χ2n) is 13.5. The summed E-state index contributed by atoms with van der Waals surface area (Å²) in [5.41, 5.74) is 2.60. The summed E-state index contributed by atoms with van der Waals surface area (Å²) < 4.78 is 14.4. The van der Waals surface area contributed by atoms with Crippen LogP contribution in [0.1, 0.15) is 163 Å². The molecular formula is C53H53NO14S4. The van der Waals surface area contributed by atoms with E-state index in [1.165, 1.54) is 99.4 Å². The maximum Gasteiger partial charge on any atom is 0.194 e. The molecule has 19 heteroatoms. The Hall–Kier alpha value is -7.97. The topological polar surface area (TPSA) is 243 Å². The Bertz CT molecular complexity index is 2620. The normalized spacial score (nSPS) is 9.21. The zero-order valence-corrected chi connectivity index (χ0v) is 42.7. The maximum absolute atomic E-state index is 10.7. The molecule has 8 rings (SSSR count). The summed E-state index contributed by atoms with van der Waals surface area (Å²) in [5, 5.41) is 7.36. The van der Waals surface area contributed by atoms with E-state index < -0.39 is 0 Å². The number of aldehydes is 4. The van der Waals surface area contributed by atoms with Crippen LogP contribution >= 0.6 is 45.3 Å². The van der Waals surface area contributed by atoms with Gasteiger partial charge in [0.25, 0.3) is 0 Å². The van der Waals surface area contributed by atoms with Crippen molar-refractivity contribution in [1.82, 2.24) is 4.98 Å². The molecule has 378 valence electrons. The highest BCUT2D eigenvalue weighted by molar-refractivity contribution is 7.15. The highest BCUT2D eigenvalue weighted by Crippen LogP contribution is 2.15. The number of rotatable bonds is 12. The fourth-order valence-corrected chi connectivity index (χ4v) is 6.99. The van der Waals surface area contributed by atoms with Crippen LogP contribution in [-0.4, -0.2) is 70.6 Å². The quantitative estimate of drug-likeness (QED) is 0.0680. The number of H-pyrrole nitrogens is 1. The van der Waals surface area contributed by atoms with Gasteiger partial charge in [-0.1, -0.05) is 13.5 Å². The first-order valence-electron chi connectivity index (χ1n) is 20.4. The van der Waals surface area contributed by atoms with Crippen LogP contribution in [0.15, 0.2) is 145 Å². The molecule has 8 heterocycles. The van der Waals surface area contributed by atoms with Gasteiger partial charge in [-0.15, -0.1) is 34.0 Å². The molecule has 0 bridgehead atoms. The third-order valence-electron chi connectivity index (χ3n) is 7.87. The second kappa shape index (κ2) is 36.9. The van der Waals surface area contributed by atoms with Crippen LogP contribution in [0, 0.1) is 0 Å². The largest absolute Gasteiger partial charge is 0.472 e. The number of carbonyl (C=O) groups is 11. The number of ketones is 7. The number of furan rings is 3. The average Bonchev–Trinajstić information content (AvgIpc) is 4.22. The van der Waals surface area contributed by atoms with Crippen molar-refractivity contribution in [2.24, 2.45) is 0 Å². The van der Waals surface area contributed by atoms with Gasteiger partial charge in [0.15, 0.2) is 77.1 Å². The number of allylic oxidation sites excluding steroid dienone is 1. The lowest BCUT2D eigenvalue weighted by Gasteiger charge is -1.82. The van der Waals surface area contributed by atoms with E-state index in [2.05, 4.69) is 9.40 Å². The Morgan fingerprint density at radius 1 is 0.556 bits per heavy atom. The fourth-order valence-electron chi connectivity index (χ4n) is 4.28. The lowest BCUT2D eigenvalue weighted by atomic mass is 10.2. The van der Waals surface area contributed by atoms with E-state index in [0.717, 1.165) is 16.7 Å². The number of carbonyl (C=O) groups excluding carboxylic acids is 11. The van der Waals surface area contributed by atoms with Crippen LogP contribution in [0.3, 0.4) is 0 Å². The van der Waals surface area contributed by atoms with Gasteiger partial charge in [-0.2, -0.15) is 11.3 Å². The molecule has 0 aliphatic heterocycles. The Balaban J connectivity index is 0.000000800. The second-order valence-corrected chi connectivity index (χ2v) is 17.3. The molecule has 0 saturated heterocycles. The van der Waals surface area contributed by atoms with E-state index in [4.69, 9.17) is 8.83 Å². The maximum atomic E-state index is 10.7. The summed E-state index contributed by atoms with van der Waals surface area (Å²) in [7, 11) is 0. The van der Waals surface area contributed by atoms with E-state index in [-0.39, 0.29) is 59.4 Å². The Morgan fingerprint density at radius 3 is 1.58 bits per heavy atom. The van der Waals surface area contributed by atoms with E-state index in [1.54, 1.807) is 97.6 Å². The number of aromatic amines is 1. The molecule has 0 spiro atoms. The predicted molar refractivity (Wildman–Crippen MR) is 282 cm³/mol. The fraction of sp³-hybridized carbons (Fsp3) is 0.151. The standard InChI is InChI=1S/C8H8O2.C7H6O3.C7H6O2S.C6H7NO.C6H4O2S.C6H6O2.2C6H6OS.CH4/c1-7(9)4-5-8-3-2-6-10-8;2*1-5(9)7-3-2-6(4-8)10-7;1-5(8)6-3-2-4-7-6;7-3-5-1-2-9-6(5)4-8;2*1-5(7)6-2-3-8-4-6;1-5(7)6-3-2-4-8-6;/h2-6H,1H3;2*2-4H,1H3;2-4,7H,1H3;1-4H;3*2-4H,1H3;1H4/b5-4+;;;;;;;;. The molecule has 15 nitrogen and oxygen atoms in total. The van der Waals surface area contributed by atoms with Crippen molar-refractivity contribution in [2.75, 3.05) is 0 Å². The van der Waals surface area contributed by atoms with Crippen LogP contribution in [0.4, 0.5) is 0 Å². The molecule has 0 amide bonds. The summed E-state index contributed by atoms with van der Waals surface area (Å²) >= 11 is 5.53. The minimum Gasteiger partial charge on any atom is -0.472 e. The number of aromatic nitrogens is 1. The van der Waals surface area contributed by atoms with Crippen molar-refractivity contribution in [3.8, 4) is 0 Å². The number of Topliss-reactive ketones (excluding diaryl/α,β-unsaturated/α-hetero) is 6. The van der Waals surface area contributed by atoms with Gasteiger partial charge in [-0.3, -0.25) is 52.7 Å². The summed E-state index contributed by atoms with van der Waals surface area (Å²) in [6.07, 6.45) is 12.0. The monoisotopic (exact) mass is 1060 g/mol. The first-order chi connectivity index (χ1) is 33.9. The molecule has 72 heavy (non-hydrogen) atoms. The number of thiophene rings is 4. The van der Waals surface area contributed by atoms with Crippen LogP contribution < -0.4 is 0 Å². The number of hydrogen-bond donors (Lipinski definition) is 1. The van der Waals surface area contributed by atoms with Gasteiger partial charge in [0.1, 0.15) is 12.0 Å². The molecule has 0 aromatic carbocycles. The summed E-state index contributed by atoms with van der Waals surface area (Å²) in [5.74, 6) is 1.39. The summed E-state index contributed by atoms with van der Waals surface area (Å²) in [6.45, 7) is 10.6. The van der Waals surface area contributed by atoms with E-state index in [1.807, 2.05) is 34.3 Å². The van der Waals surface area contributed by atoms with Gasteiger partial charge in [0.2, 0.25) is 0 Å². The first-order valence-corrected chi connectivity index (χ1v) is 24.0. The number of nitrogens with one attached hydrogen (secondary N) is 1. The van der Waals surface area contributed by atoms with Crippen LogP contribution in [0.5, 0.6) is 0 Å². The zero-order valence-electron chi connectivity index (χ0n) is 39.4. The zero-order chi connectivity index (χ0) is 53.1. The lowest BCUT2D eigenvalue weighted by molar-refractivity contribution is -0.112. The van der Waals surface area contributed by atoms with Crippen LogP contribution in [-0.2, 0) is 4.79 Å². The van der Waals surface area contributed by atoms with E-state index in [0.29, 0.717) is 56.1 Å². The molecule has 1 N–H and O–H groups in total. The molecule has 0 saturated carbocycles. The molecule has 0 aliphatic carbocycles. The predicted octanol–water partition coefficient (Wildman–Crippen LogP) is 13.5. The molecule has 0 unspecified atom stereocenters. The van der Waals surface area contributed by atoms with E-state index in [9.17, 15) is 52.7 Å². The highest BCUT2D eigenvalue weighted by Gasteiger charge is 2.05. The molecule has 0 atom stereocenters. The smallest absolute Gasteiger partial charge is 0.194 e. The average molecular weight is 1060 g/mol. The van der Waals surface area contributed by atoms with Crippen molar-refractivity contribution in [3.05, 3.63) is 191 Å². The minimum absolute atomic E-state index is 0. The van der Waals surface area contributed by atoms with Crippen molar-refractivity contribution in [3.63, 3.8) is 0 Å². The molecule has 8 aromatic rings. The Kier molecular flexibility index (Phi) is 32.8. The van der Waals surface area contributed by atoms with Crippen molar-refractivity contribution in [1.29, 1.82) is 0 Å². The van der Waals surface area contributed by atoms with Crippen molar-refractivity contribution in [2.45, 2.75) is 55.9 Å². The van der Waals surface area contributed by atoms with Crippen molar-refractivity contribution >= 4 is 117 Å². The molecule has 0 fully saturated rings. The molecule has 0 aliphatic rings. The van der Waals surface area contributed by atoms with Crippen LogP contribution in [0.2, 0.25) is 0 Å². The van der Waals surface area contributed by atoms with Gasteiger partial charge in [-0.25, -0.2) is 0 Å². The lowest BCUT2D eigenvalue weighted by Crippen LogP contribution is -1.89.